The number of hydrogen-bond donors (Lipinski definition) is 0. The lowest BCUT2D eigenvalue weighted by molar-refractivity contribution is -0.143. The number of rotatable bonds is 5. The van der Waals surface area contributed by atoms with Gasteiger partial charge in [-0.2, -0.15) is 0 Å². The number of carbonyl (C=O) groups excluding carboxylic acids is 1. The molecule has 0 aromatic carbocycles. The van der Waals surface area contributed by atoms with Crippen LogP contribution in [0.1, 0.15) is 25.4 Å². The molecule has 1 aromatic rings. The number of carbonyl (C=O) groups is 1. The maximum atomic E-state index is 11.3. The van der Waals surface area contributed by atoms with Gasteiger partial charge in [-0.25, -0.2) is 9.97 Å². The Kier molecular flexibility index (Phi) is 5.41. The Hall–Kier alpha value is -1.10. The van der Waals surface area contributed by atoms with Gasteiger partial charge in [-0.05, 0) is 19.4 Å². The summed E-state index contributed by atoms with van der Waals surface area (Å²) in [5.41, 5.74) is 1.03. The molecule has 0 aliphatic rings. The Labute approximate surface area is 106 Å². The van der Waals surface area contributed by atoms with Gasteiger partial charge in [-0.1, -0.05) is 13.8 Å². The number of esters is 1. The molecule has 1 unspecified atom stereocenters. The van der Waals surface area contributed by atoms with E-state index in [9.17, 15) is 4.79 Å². The average molecular weight is 254 g/mol. The third-order valence-corrected chi connectivity index (χ3v) is 3.49. The normalized spacial score (nSPS) is 12.2. The molecule has 1 atom stereocenters. The van der Waals surface area contributed by atoms with E-state index >= 15 is 0 Å². The number of hydrogen-bond acceptors (Lipinski definition) is 5. The van der Waals surface area contributed by atoms with Crippen LogP contribution >= 0.6 is 11.8 Å². The van der Waals surface area contributed by atoms with Crippen LogP contribution in [0.2, 0.25) is 0 Å². The van der Waals surface area contributed by atoms with E-state index in [2.05, 4.69) is 21.6 Å². The Bertz CT molecular complexity index is 396. The van der Waals surface area contributed by atoms with Crippen molar-refractivity contribution in [2.45, 2.75) is 32.2 Å². The van der Waals surface area contributed by atoms with E-state index in [1.165, 1.54) is 7.11 Å². The molecule has 4 nitrogen and oxygen atoms in total. The van der Waals surface area contributed by atoms with Crippen LogP contribution in [0.4, 0.5) is 0 Å². The molecular weight excluding hydrogens is 236 g/mol. The number of thioether (sulfide) groups is 1. The molecule has 94 valence electrons. The minimum atomic E-state index is -0.181. The maximum absolute atomic E-state index is 11.3. The van der Waals surface area contributed by atoms with Crippen LogP contribution in [-0.2, 0) is 16.0 Å². The summed E-state index contributed by atoms with van der Waals surface area (Å²) in [6, 6.07) is 1.97. The number of ether oxygens (including phenoxy) is 1. The van der Waals surface area contributed by atoms with Crippen LogP contribution in [0.15, 0.2) is 11.1 Å². The Morgan fingerprint density at radius 2 is 2.24 bits per heavy atom. The van der Waals surface area contributed by atoms with Crippen molar-refractivity contribution in [3.05, 3.63) is 17.6 Å². The predicted octanol–water partition coefficient (Wildman–Crippen LogP) is 2.25. The Morgan fingerprint density at radius 3 is 2.82 bits per heavy atom. The van der Waals surface area contributed by atoms with Crippen LogP contribution in [0.3, 0.4) is 0 Å². The fourth-order valence-corrected chi connectivity index (χ4v) is 2.31. The first kappa shape index (κ1) is 14.0. The van der Waals surface area contributed by atoms with Gasteiger partial charge in [0.05, 0.1) is 18.1 Å². The van der Waals surface area contributed by atoms with Gasteiger partial charge in [-0.3, -0.25) is 4.79 Å². The van der Waals surface area contributed by atoms with E-state index in [0.717, 1.165) is 23.0 Å². The van der Waals surface area contributed by atoms with E-state index in [4.69, 9.17) is 0 Å². The molecule has 1 heterocycles. The molecule has 1 rings (SSSR count). The SMILES string of the molecule is CCc1cc(SCC(C)C(=O)OC)nc(C)n1. The largest absolute Gasteiger partial charge is 0.469 e. The average Bonchev–Trinajstić information content (AvgIpc) is 2.34. The van der Waals surface area contributed by atoms with Gasteiger partial charge in [0.25, 0.3) is 0 Å². The summed E-state index contributed by atoms with van der Waals surface area (Å²) < 4.78 is 4.68. The van der Waals surface area contributed by atoms with Crippen molar-refractivity contribution in [1.82, 2.24) is 9.97 Å². The second-order valence-electron chi connectivity index (χ2n) is 3.83. The molecule has 0 saturated carbocycles. The molecule has 0 fully saturated rings. The van der Waals surface area contributed by atoms with E-state index in [1.807, 2.05) is 19.9 Å². The van der Waals surface area contributed by atoms with Crippen molar-refractivity contribution in [3.63, 3.8) is 0 Å². The van der Waals surface area contributed by atoms with E-state index in [0.29, 0.717) is 5.75 Å². The highest BCUT2D eigenvalue weighted by Gasteiger charge is 2.14. The molecule has 0 saturated heterocycles. The second-order valence-corrected chi connectivity index (χ2v) is 4.87. The fraction of sp³-hybridized carbons (Fsp3) is 0.583. The Balaban J connectivity index is 2.63. The molecule has 0 radical (unpaired) electrons. The lowest BCUT2D eigenvalue weighted by Crippen LogP contribution is -2.14. The third-order valence-electron chi connectivity index (χ3n) is 2.31. The van der Waals surface area contributed by atoms with Crippen LogP contribution in [0, 0.1) is 12.8 Å². The predicted molar refractivity (Wildman–Crippen MR) is 68.1 cm³/mol. The lowest BCUT2D eigenvalue weighted by atomic mass is 10.2. The quantitative estimate of drug-likeness (QED) is 0.458. The molecule has 0 N–H and O–H groups in total. The second kappa shape index (κ2) is 6.59. The highest BCUT2D eigenvalue weighted by molar-refractivity contribution is 7.99. The van der Waals surface area contributed by atoms with Crippen molar-refractivity contribution < 1.29 is 9.53 Å². The van der Waals surface area contributed by atoms with Crippen LogP contribution in [0.5, 0.6) is 0 Å². The van der Waals surface area contributed by atoms with Crippen molar-refractivity contribution in [1.29, 1.82) is 0 Å². The van der Waals surface area contributed by atoms with Crippen molar-refractivity contribution in [2.75, 3.05) is 12.9 Å². The molecule has 0 amide bonds. The summed E-state index contributed by atoms with van der Waals surface area (Å²) in [7, 11) is 1.41. The number of aromatic nitrogens is 2. The standard InChI is InChI=1S/C12H18N2O2S/c1-5-10-6-11(14-9(3)13-10)17-7-8(2)12(15)16-4/h6,8H,5,7H2,1-4H3. The van der Waals surface area contributed by atoms with Crippen molar-refractivity contribution in [3.8, 4) is 0 Å². The van der Waals surface area contributed by atoms with Gasteiger partial charge < -0.3 is 4.74 Å². The van der Waals surface area contributed by atoms with E-state index in [-0.39, 0.29) is 11.9 Å². The monoisotopic (exact) mass is 254 g/mol. The first-order valence-corrected chi connectivity index (χ1v) is 6.60. The molecule has 5 heteroatoms. The highest BCUT2D eigenvalue weighted by Crippen LogP contribution is 2.20. The van der Waals surface area contributed by atoms with Gasteiger partial charge in [0.1, 0.15) is 5.82 Å². The molecule has 0 bridgehead atoms. The minimum Gasteiger partial charge on any atom is -0.469 e. The molecule has 17 heavy (non-hydrogen) atoms. The minimum absolute atomic E-state index is 0.120. The molecular formula is C12H18N2O2S. The fourth-order valence-electron chi connectivity index (χ4n) is 1.33. The molecule has 0 aliphatic carbocycles. The first-order chi connectivity index (χ1) is 8.06. The first-order valence-electron chi connectivity index (χ1n) is 5.62. The van der Waals surface area contributed by atoms with Crippen molar-refractivity contribution >= 4 is 17.7 Å². The van der Waals surface area contributed by atoms with Gasteiger partial charge in [-0.15, -0.1) is 11.8 Å². The zero-order valence-electron chi connectivity index (χ0n) is 10.7. The lowest BCUT2D eigenvalue weighted by Gasteiger charge is -2.09. The summed E-state index contributed by atoms with van der Waals surface area (Å²) >= 11 is 1.56. The highest BCUT2D eigenvalue weighted by atomic mass is 32.2. The van der Waals surface area contributed by atoms with Crippen LogP contribution in [0.25, 0.3) is 0 Å². The summed E-state index contributed by atoms with van der Waals surface area (Å²) in [5.74, 6) is 1.15. The smallest absolute Gasteiger partial charge is 0.309 e. The zero-order chi connectivity index (χ0) is 12.8. The van der Waals surface area contributed by atoms with E-state index in [1.54, 1.807) is 11.8 Å². The molecule has 1 aromatic heterocycles. The number of methoxy groups -OCH3 is 1. The number of nitrogens with zero attached hydrogens (tertiary/aromatic N) is 2. The number of aryl methyl sites for hydroxylation is 2. The van der Waals surface area contributed by atoms with Gasteiger partial charge in [0, 0.05) is 11.4 Å². The molecule has 0 aliphatic heterocycles. The Morgan fingerprint density at radius 1 is 1.53 bits per heavy atom. The maximum Gasteiger partial charge on any atom is 0.309 e. The van der Waals surface area contributed by atoms with Crippen LogP contribution in [-0.4, -0.2) is 28.8 Å². The summed E-state index contributed by atoms with van der Waals surface area (Å²) in [4.78, 5) is 19.9. The third kappa shape index (κ3) is 4.34. The summed E-state index contributed by atoms with van der Waals surface area (Å²) in [6.07, 6.45) is 0.892. The van der Waals surface area contributed by atoms with Crippen LogP contribution < -0.4 is 0 Å². The van der Waals surface area contributed by atoms with E-state index < -0.39 is 0 Å². The van der Waals surface area contributed by atoms with Gasteiger partial charge in [0.2, 0.25) is 0 Å². The topological polar surface area (TPSA) is 52.1 Å². The molecule has 0 spiro atoms. The van der Waals surface area contributed by atoms with Gasteiger partial charge in [0.15, 0.2) is 0 Å². The van der Waals surface area contributed by atoms with Crippen molar-refractivity contribution in [2.24, 2.45) is 5.92 Å². The summed E-state index contributed by atoms with van der Waals surface area (Å²) in [5, 5.41) is 0.921. The summed E-state index contributed by atoms with van der Waals surface area (Å²) in [6.45, 7) is 5.80. The zero-order valence-corrected chi connectivity index (χ0v) is 11.5. The van der Waals surface area contributed by atoms with Gasteiger partial charge >= 0.3 is 5.97 Å².